The maximum Gasteiger partial charge on any atom is 0.267 e. The summed E-state index contributed by atoms with van der Waals surface area (Å²) >= 11 is 0. The number of hydrogen-bond donors (Lipinski definition) is 1. The Morgan fingerprint density at radius 2 is 1.80 bits per heavy atom. The van der Waals surface area contributed by atoms with Crippen molar-refractivity contribution in [3.8, 4) is 5.75 Å². The molecule has 1 N–H and O–H groups in total. The fourth-order valence-corrected chi connectivity index (χ4v) is 3.28. The van der Waals surface area contributed by atoms with E-state index >= 15 is 0 Å². The van der Waals surface area contributed by atoms with E-state index in [9.17, 15) is 14.4 Å². The molecule has 7 heteroatoms. The highest BCUT2D eigenvalue weighted by molar-refractivity contribution is 6.34. The van der Waals surface area contributed by atoms with Gasteiger partial charge in [0.2, 0.25) is 0 Å². The predicted octanol–water partition coefficient (Wildman–Crippen LogP) is 3.84. The number of carbonyl (C=O) groups excluding carboxylic acids is 3. The number of amides is 3. The van der Waals surface area contributed by atoms with Gasteiger partial charge in [-0.1, -0.05) is 12.1 Å². The average Bonchev–Trinajstić information content (AvgIpc) is 2.99. The fourth-order valence-electron chi connectivity index (χ4n) is 3.28. The van der Waals surface area contributed by atoms with Gasteiger partial charge >= 0.3 is 0 Å². The van der Waals surface area contributed by atoms with Gasteiger partial charge in [-0.15, -0.1) is 0 Å². The zero-order chi connectivity index (χ0) is 21.3. The molecular weight excluding hydrogens is 382 g/mol. The Morgan fingerprint density at radius 1 is 1.03 bits per heavy atom. The van der Waals surface area contributed by atoms with E-state index in [0.717, 1.165) is 10.5 Å². The Bertz CT molecular complexity index is 1170. The summed E-state index contributed by atoms with van der Waals surface area (Å²) in [6, 6.07) is 15.0. The Hall–Kier alpha value is -4.00. The molecule has 0 unspecified atom stereocenters. The van der Waals surface area contributed by atoms with E-state index in [1.807, 2.05) is 19.9 Å². The highest BCUT2D eigenvalue weighted by Crippen LogP contribution is 2.29. The molecule has 1 aromatic heterocycles. The number of aromatic nitrogens is 1. The monoisotopic (exact) mass is 401 g/mol. The minimum Gasteiger partial charge on any atom is -0.492 e. The van der Waals surface area contributed by atoms with Gasteiger partial charge in [-0.3, -0.25) is 14.4 Å². The topological polar surface area (TPSA) is 88.6 Å². The maximum absolute atomic E-state index is 12.9. The van der Waals surface area contributed by atoms with E-state index in [4.69, 9.17) is 4.74 Å². The molecule has 0 saturated heterocycles. The molecule has 2 heterocycles. The van der Waals surface area contributed by atoms with E-state index in [2.05, 4.69) is 10.3 Å². The lowest BCUT2D eigenvalue weighted by atomic mass is 10.1. The molecule has 1 aliphatic rings. The van der Waals surface area contributed by atoms with Crippen LogP contribution in [0.5, 0.6) is 5.75 Å². The molecule has 30 heavy (non-hydrogen) atoms. The Kier molecular flexibility index (Phi) is 5.02. The molecule has 150 valence electrons. The molecule has 3 aromatic rings. The molecule has 0 spiro atoms. The first-order valence-electron chi connectivity index (χ1n) is 9.48. The number of rotatable bonds is 5. The molecule has 0 radical (unpaired) electrons. The normalized spacial score (nSPS) is 12.7. The first-order chi connectivity index (χ1) is 14.5. The van der Waals surface area contributed by atoms with Crippen molar-refractivity contribution < 1.29 is 19.1 Å². The SMILES string of the molecule is CCOc1ccccc1NC(=O)c1ccc2c(c1)C(=O)N(c1cc(C)ccn1)C2=O. The Balaban J connectivity index is 1.62. The van der Waals surface area contributed by atoms with Gasteiger partial charge in [-0.2, -0.15) is 0 Å². The van der Waals surface area contributed by atoms with Gasteiger partial charge in [0, 0.05) is 11.8 Å². The van der Waals surface area contributed by atoms with Gasteiger partial charge in [0.05, 0.1) is 23.4 Å². The van der Waals surface area contributed by atoms with Crippen molar-refractivity contribution in [3.63, 3.8) is 0 Å². The van der Waals surface area contributed by atoms with Gasteiger partial charge in [-0.25, -0.2) is 9.88 Å². The molecular formula is C23H19N3O4. The third kappa shape index (κ3) is 3.41. The molecule has 0 saturated carbocycles. The molecule has 0 bridgehead atoms. The molecule has 4 rings (SSSR count). The number of carbonyl (C=O) groups is 3. The van der Waals surface area contributed by atoms with Crippen LogP contribution in [0.1, 0.15) is 43.6 Å². The molecule has 0 atom stereocenters. The number of anilines is 2. The summed E-state index contributed by atoms with van der Waals surface area (Å²) < 4.78 is 5.52. The van der Waals surface area contributed by atoms with Crippen molar-refractivity contribution in [1.82, 2.24) is 4.98 Å². The van der Waals surface area contributed by atoms with Gasteiger partial charge in [0.15, 0.2) is 0 Å². The number of nitrogens with zero attached hydrogens (tertiary/aromatic N) is 2. The summed E-state index contributed by atoms with van der Waals surface area (Å²) in [5, 5.41) is 2.79. The minimum absolute atomic E-state index is 0.175. The zero-order valence-electron chi connectivity index (χ0n) is 16.5. The van der Waals surface area contributed by atoms with Gasteiger partial charge in [0.1, 0.15) is 11.6 Å². The molecule has 7 nitrogen and oxygen atoms in total. The summed E-state index contributed by atoms with van der Waals surface area (Å²) in [6.45, 7) is 4.17. The average molecular weight is 401 g/mol. The summed E-state index contributed by atoms with van der Waals surface area (Å²) in [4.78, 5) is 43.6. The standard InChI is InChI=1S/C23H19N3O4/c1-3-30-19-7-5-4-6-18(19)25-21(27)15-8-9-16-17(13-15)23(29)26(22(16)28)20-12-14(2)10-11-24-20/h4-13H,3H2,1-2H3,(H,25,27). The third-order valence-corrected chi connectivity index (χ3v) is 4.71. The van der Waals surface area contributed by atoms with Crippen LogP contribution in [0.25, 0.3) is 0 Å². The number of hydrogen-bond acceptors (Lipinski definition) is 5. The van der Waals surface area contributed by atoms with Crippen molar-refractivity contribution in [3.05, 3.63) is 83.0 Å². The first-order valence-corrected chi connectivity index (χ1v) is 9.48. The lowest BCUT2D eigenvalue weighted by molar-refractivity contribution is 0.0924. The summed E-state index contributed by atoms with van der Waals surface area (Å²) in [5.41, 5.74) is 2.09. The van der Waals surface area contributed by atoms with Crippen molar-refractivity contribution >= 4 is 29.2 Å². The Labute approximate surface area is 173 Å². The fraction of sp³-hybridized carbons (Fsp3) is 0.130. The number of aryl methyl sites for hydroxylation is 1. The van der Waals surface area contributed by atoms with Crippen LogP contribution in [0.2, 0.25) is 0 Å². The molecule has 0 fully saturated rings. The van der Waals surface area contributed by atoms with Crippen LogP contribution < -0.4 is 15.0 Å². The van der Waals surface area contributed by atoms with Gasteiger partial charge in [-0.05, 0) is 61.9 Å². The summed E-state index contributed by atoms with van der Waals surface area (Å²) in [6.07, 6.45) is 1.54. The van der Waals surface area contributed by atoms with Crippen LogP contribution in [0.15, 0.2) is 60.8 Å². The summed E-state index contributed by atoms with van der Waals surface area (Å²) in [5.74, 6) is -0.549. The minimum atomic E-state index is -0.502. The zero-order valence-corrected chi connectivity index (χ0v) is 16.5. The number of para-hydroxylation sites is 2. The van der Waals surface area contributed by atoms with Crippen LogP contribution in [-0.2, 0) is 0 Å². The molecule has 3 amide bonds. The number of ether oxygens (including phenoxy) is 1. The number of nitrogens with one attached hydrogen (secondary N) is 1. The van der Waals surface area contributed by atoms with E-state index in [-0.39, 0.29) is 22.5 Å². The third-order valence-electron chi connectivity index (χ3n) is 4.71. The smallest absolute Gasteiger partial charge is 0.267 e. The lowest BCUT2D eigenvalue weighted by Gasteiger charge is -2.12. The van der Waals surface area contributed by atoms with Crippen LogP contribution in [0.3, 0.4) is 0 Å². The van der Waals surface area contributed by atoms with E-state index in [1.165, 1.54) is 18.2 Å². The van der Waals surface area contributed by atoms with Gasteiger partial charge in [0.25, 0.3) is 17.7 Å². The van der Waals surface area contributed by atoms with Crippen molar-refractivity contribution in [1.29, 1.82) is 0 Å². The van der Waals surface area contributed by atoms with E-state index in [0.29, 0.717) is 18.0 Å². The maximum atomic E-state index is 12.9. The number of benzene rings is 2. The van der Waals surface area contributed by atoms with Crippen molar-refractivity contribution in [2.75, 3.05) is 16.8 Å². The second kappa shape index (κ2) is 7.79. The predicted molar refractivity (Wildman–Crippen MR) is 112 cm³/mol. The molecule has 1 aliphatic heterocycles. The number of fused-ring (bicyclic) bond motifs is 1. The number of imide groups is 1. The van der Waals surface area contributed by atoms with Crippen LogP contribution in [0, 0.1) is 6.92 Å². The lowest BCUT2D eigenvalue weighted by Crippen LogP contribution is -2.30. The largest absolute Gasteiger partial charge is 0.492 e. The van der Waals surface area contributed by atoms with Crippen LogP contribution >= 0.6 is 0 Å². The van der Waals surface area contributed by atoms with Gasteiger partial charge < -0.3 is 10.1 Å². The van der Waals surface area contributed by atoms with E-state index in [1.54, 1.807) is 36.5 Å². The highest BCUT2D eigenvalue weighted by Gasteiger charge is 2.38. The Morgan fingerprint density at radius 3 is 2.57 bits per heavy atom. The summed E-state index contributed by atoms with van der Waals surface area (Å²) in [7, 11) is 0. The highest BCUT2D eigenvalue weighted by atomic mass is 16.5. The second-order valence-electron chi connectivity index (χ2n) is 6.78. The molecule has 2 aromatic carbocycles. The number of pyridine rings is 1. The van der Waals surface area contributed by atoms with Crippen LogP contribution in [-0.4, -0.2) is 29.3 Å². The molecule has 0 aliphatic carbocycles. The van der Waals surface area contributed by atoms with Crippen molar-refractivity contribution in [2.45, 2.75) is 13.8 Å². The quantitative estimate of drug-likeness (QED) is 0.656. The van der Waals surface area contributed by atoms with Crippen molar-refractivity contribution in [2.24, 2.45) is 0 Å². The van der Waals surface area contributed by atoms with Crippen LogP contribution in [0.4, 0.5) is 11.5 Å². The first kappa shape index (κ1) is 19.3. The van der Waals surface area contributed by atoms with E-state index < -0.39 is 17.7 Å². The second-order valence-corrected chi connectivity index (χ2v) is 6.78.